The zero-order valence-corrected chi connectivity index (χ0v) is 34.1. The fraction of sp³-hybridized carbons (Fsp3) is 0.390. The van der Waals surface area contributed by atoms with Crippen LogP contribution in [0, 0.1) is 13.8 Å². The summed E-state index contributed by atoms with van der Waals surface area (Å²) in [7, 11) is 0. The molecule has 15 nitrogen and oxygen atoms in total. The minimum atomic E-state index is -0.467. The number of hydrogen-bond donors (Lipinski definition) is 3. The molecule has 7 heterocycles. The molecular formula is C41H46ClN11O4S. The van der Waals surface area contributed by atoms with Crippen molar-refractivity contribution in [1.29, 1.82) is 0 Å². The van der Waals surface area contributed by atoms with Gasteiger partial charge in [0.1, 0.15) is 22.3 Å². The first-order chi connectivity index (χ1) is 28.1. The summed E-state index contributed by atoms with van der Waals surface area (Å²) in [5.74, 6) is 2.07. The van der Waals surface area contributed by atoms with E-state index in [0.29, 0.717) is 44.5 Å². The molecule has 4 aliphatic rings. The number of nitrogens with zero attached hydrogens (tertiary/aromatic N) is 8. The van der Waals surface area contributed by atoms with Crippen molar-refractivity contribution in [1.82, 2.24) is 34.3 Å². The highest BCUT2D eigenvalue weighted by Crippen LogP contribution is 2.34. The number of nitrogens with one attached hydrogen (secondary N) is 3. The lowest BCUT2D eigenvalue weighted by Crippen LogP contribution is -2.64. The van der Waals surface area contributed by atoms with Gasteiger partial charge in [-0.05, 0) is 82.0 Å². The molecule has 5 aromatic rings. The van der Waals surface area contributed by atoms with Gasteiger partial charge in [0.15, 0.2) is 5.13 Å². The van der Waals surface area contributed by atoms with Gasteiger partial charge in [0, 0.05) is 81.8 Å². The number of H-pyrrole nitrogens is 1. The summed E-state index contributed by atoms with van der Waals surface area (Å²) in [5, 5.41) is 7.18. The molecule has 0 saturated carbocycles. The molecule has 58 heavy (non-hydrogen) atoms. The van der Waals surface area contributed by atoms with E-state index in [1.54, 1.807) is 6.07 Å². The number of aromatic amines is 1. The van der Waals surface area contributed by atoms with Crippen LogP contribution in [0.4, 0.5) is 28.1 Å². The number of para-hydroxylation sites is 1. The smallest absolute Gasteiger partial charge is 0.332 e. The lowest BCUT2D eigenvalue weighted by atomic mass is 9.89. The minimum Gasteiger partial charge on any atom is -0.365 e. The van der Waals surface area contributed by atoms with E-state index >= 15 is 0 Å². The average Bonchev–Trinajstić information content (AvgIpc) is 3.69. The van der Waals surface area contributed by atoms with Crippen molar-refractivity contribution >= 4 is 62.9 Å². The van der Waals surface area contributed by atoms with Gasteiger partial charge < -0.3 is 25.3 Å². The number of aromatic nitrogens is 5. The van der Waals surface area contributed by atoms with Crippen LogP contribution in [0.15, 0.2) is 76.6 Å². The van der Waals surface area contributed by atoms with Crippen LogP contribution in [0.3, 0.4) is 0 Å². The molecule has 2 amide bonds. The predicted molar refractivity (Wildman–Crippen MR) is 227 cm³/mol. The first kappa shape index (κ1) is 39.3. The van der Waals surface area contributed by atoms with Crippen molar-refractivity contribution in [2.24, 2.45) is 0 Å². The number of thiazole rings is 1. The summed E-state index contributed by atoms with van der Waals surface area (Å²) in [6.07, 6.45) is 7.48. The summed E-state index contributed by atoms with van der Waals surface area (Å²) >= 11 is 7.54. The summed E-state index contributed by atoms with van der Waals surface area (Å²) in [5.41, 5.74) is 2.34. The molecule has 4 fully saturated rings. The molecule has 9 rings (SSSR count). The summed E-state index contributed by atoms with van der Waals surface area (Å²) < 4.78 is 1.42. The quantitative estimate of drug-likeness (QED) is 0.142. The van der Waals surface area contributed by atoms with Gasteiger partial charge in [0.2, 0.25) is 5.91 Å². The van der Waals surface area contributed by atoms with E-state index in [9.17, 15) is 19.2 Å². The normalized spacial score (nSPS) is 18.1. The Bertz CT molecular complexity index is 2390. The molecule has 0 aliphatic carbocycles. The van der Waals surface area contributed by atoms with E-state index in [4.69, 9.17) is 16.6 Å². The van der Waals surface area contributed by atoms with Crippen LogP contribution < -0.4 is 31.7 Å². The number of carbonyl (C=O) groups excluding carboxylic acids is 2. The third-order valence-corrected chi connectivity index (χ3v) is 12.4. The second kappa shape index (κ2) is 17.1. The van der Waals surface area contributed by atoms with Crippen molar-refractivity contribution < 1.29 is 9.59 Å². The van der Waals surface area contributed by atoms with Crippen LogP contribution >= 0.6 is 22.9 Å². The average molecular weight is 824 g/mol. The van der Waals surface area contributed by atoms with E-state index in [1.165, 1.54) is 34.4 Å². The molecule has 2 unspecified atom stereocenters. The van der Waals surface area contributed by atoms with Crippen molar-refractivity contribution in [2.75, 3.05) is 66.2 Å². The lowest BCUT2D eigenvalue weighted by Gasteiger charge is -2.52. The number of fused-ring (bicyclic) bond motifs is 3. The van der Waals surface area contributed by atoms with Crippen LogP contribution in [-0.4, -0.2) is 104 Å². The van der Waals surface area contributed by atoms with Crippen LogP contribution in [0.25, 0.3) is 5.69 Å². The SMILES string of the molecule is Cc1nc(Nc2ncc(C(=O)Nc3c(C)cccc3Cl)s2)cc(N2CCN(CCCCC(=O)N3CC4CCC3CN4c3ccc(-n4ccc(=O)[nH]c4=O)cc3)CC2)n1. The third-order valence-electron chi connectivity index (χ3n) is 11.2. The van der Waals surface area contributed by atoms with Gasteiger partial charge in [-0.2, -0.15) is 0 Å². The Hall–Kier alpha value is -5.58. The second-order valence-electron chi connectivity index (χ2n) is 15.1. The van der Waals surface area contributed by atoms with Crippen molar-refractivity contribution in [2.45, 2.75) is 58.0 Å². The highest BCUT2D eigenvalue weighted by molar-refractivity contribution is 7.17. The standard InChI is InChI=1S/C41H46ClN11O4S/c1-26-6-5-7-32(42)38(26)48-39(56)33-23-43-40(58-33)46-34-22-35(45-27(2)44-34)50-20-18-49(19-21-50)16-4-3-8-37(55)53-25-30-13-14-31(53)24-52(30)29-11-9-28(10-12-29)51-17-15-36(54)47-41(51)57/h5-7,9-12,15,17,22-23,30-31H,3-4,8,13-14,16,18-21,24-25H2,1-2H3,(H,48,56)(H,47,54,57)(H,43,44,45,46). The monoisotopic (exact) mass is 823 g/mol. The number of rotatable bonds is 12. The van der Waals surface area contributed by atoms with E-state index in [2.05, 4.69) is 45.2 Å². The van der Waals surface area contributed by atoms with Gasteiger partial charge in [0.25, 0.3) is 11.5 Å². The summed E-state index contributed by atoms with van der Waals surface area (Å²) in [6.45, 7) is 9.73. The van der Waals surface area contributed by atoms with Crippen LogP contribution in [0.1, 0.15) is 53.2 Å². The number of piperidine rings is 2. The number of piperazine rings is 2. The lowest BCUT2D eigenvalue weighted by molar-refractivity contribution is -0.136. The number of hydrogen-bond acceptors (Lipinski definition) is 12. The highest BCUT2D eigenvalue weighted by atomic mass is 35.5. The molecule has 17 heteroatoms. The number of aryl methyl sites for hydroxylation is 2. The minimum absolute atomic E-state index is 0.197. The van der Waals surface area contributed by atoms with Crippen molar-refractivity contribution in [3.63, 3.8) is 0 Å². The molecule has 3 N–H and O–H groups in total. The third kappa shape index (κ3) is 8.78. The molecule has 0 spiro atoms. The van der Waals surface area contributed by atoms with Crippen LogP contribution in [0.5, 0.6) is 0 Å². The van der Waals surface area contributed by atoms with Crippen LogP contribution in [0.2, 0.25) is 5.02 Å². The molecule has 2 atom stereocenters. The Morgan fingerprint density at radius 2 is 1.71 bits per heavy atom. The number of benzene rings is 2. The Morgan fingerprint density at radius 1 is 0.931 bits per heavy atom. The number of amides is 2. The molecule has 2 aromatic carbocycles. The van der Waals surface area contributed by atoms with Gasteiger partial charge in [0.05, 0.1) is 22.6 Å². The van der Waals surface area contributed by atoms with E-state index < -0.39 is 11.2 Å². The number of carbonyl (C=O) groups is 2. The summed E-state index contributed by atoms with van der Waals surface area (Å²) in [4.78, 5) is 75.7. The van der Waals surface area contributed by atoms with Crippen molar-refractivity contribution in [3.8, 4) is 5.69 Å². The van der Waals surface area contributed by atoms with Gasteiger partial charge in [-0.3, -0.25) is 28.8 Å². The largest absolute Gasteiger partial charge is 0.365 e. The molecule has 3 aromatic heterocycles. The van der Waals surface area contributed by atoms with E-state index in [0.717, 1.165) is 88.6 Å². The number of unbranched alkanes of at least 4 members (excludes halogenated alkanes) is 1. The molecule has 0 radical (unpaired) electrons. The highest BCUT2D eigenvalue weighted by Gasteiger charge is 2.40. The maximum absolute atomic E-state index is 13.4. The first-order valence-corrected chi connectivity index (χ1v) is 20.9. The Labute approximate surface area is 344 Å². The molecule has 2 bridgehead atoms. The molecule has 302 valence electrons. The topological polar surface area (TPSA) is 165 Å². The van der Waals surface area contributed by atoms with Gasteiger partial charge in [-0.25, -0.2) is 19.7 Å². The number of anilines is 5. The maximum atomic E-state index is 13.4. The fourth-order valence-electron chi connectivity index (χ4n) is 8.12. The Kier molecular flexibility index (Phi) is 11.6. The molecular weight excluding hydrogens is 778 g/mol. The second-order valence-corrected chi connectivity index (χ2v) is 16.5. The Balaban J connectivity index is 0.769. The number of halogens is 1. The van der Waals surface area contributed by atoms with Gasteiger partial charge >= 0.3 is 5.69 Å². The van der Waals surface area contributed by atoms with Gasteiger partial charge in [-0.1, -0.05) is 35.1 Å². The van der Waals surface area contributed by atoms with Gasteiger partial charge in [-0.15, -0.1) is 0 Å². The van der Waals surface area contributed by atoms with Crippen molar-refractivity contribution in [3.05, 3.63) is 109 Å². The zero-order chi connectivity index (χ0) is 40.3. The fourth-order valence-corrected chi connectivity index (χ4v) is 9.11. The first-order valence-electron chi connectivity index (χ1n) is 19.7. The van der Waals surface area contributed by atoms with Crippen LogP contribution in [-0.2, 0) is 4.79 Å². The van der Waals surface area contributed by atoms with E-state index in [-0.39, 0.29) is 23.9 Å². The summed E-state index contributed by atoms with van der Waals surface area (Å²) in [6, 6.07) is 17.0. The Morgan fingerprint density at radius 3 is 2.45 bits per heavy atom. The molecule has 4 saturated heterocycles. The maximum Gasteiger partial charge on any atom is 0.332 e. The predicted octanol–water partition coefficient (Wildman–Crippen LogP) is 5.21. The van der Waals surface area contributed by atoms with E-state index in [1.807, 2.05) is 56.3 Å². The molecule has 4 aliphatic heterocycles. The zero-order valence-electron chi connectivity index (χ0n) is 32.5.